The van der Waals surface area contributed by atoms with E-state index in [9.17, 15) is 19.2 Å². The first kappa shape index (κ1) is 23.9. The van der Waals surface area contributed by atoms with Crippen LogP contribution >= 0.6 is 0 Å². The maximum Gasteiger partial charge on any atom is 0.253 e. The maximum atomic E-state index is 13.1. The van der Waals surface area contributed by atoms with Gasteiger partial charge in [0.2, 0.25) is 17.7 Å². The molecule has 3 aromatic carbocycles. The number of para-hydroxylation sites is 1. The SMILES string of the molecule is Cc1cccc(C(=O)N2CCC(C(=O)Nc3ccc4c(c3)NC(=O)C43Cc4ccccc4NC3=O)CC2)c1. The molecule has 1 saturated heterocycles. The molecule has 8 heteroatoms. The van der Waals surface area contributed by atoms with Crippen molar-refractivity contribution in [1.82, 2.24) is 4.90 Å². The Morgan fingerprint density at radius 1 is 0.895 bits per heavy atom. The lowest BCUT2D eigenvalue weighted by atomic mass is 9.73. The van der Waals surface area contributed by atoms with Crippen molar-refractivity contribution in [2.75, 3.05) is 29.0 Å². The number of benzene rings is 3. The number of rotatable bonds is 3. The molecule has 0 saturated carbocycles. The summed E-state index contributed by atoms with van der Waals surface area (Å²) in [6.07, 6.45) is 1.43. The van der Waals surface area contributed by atoms with E-state index in [1.807, 2.05) is 55.5 Å². The first-order chi connectivity index (χ1) is 18.3. The highest BCUT2D eigenvalue weighted by molar-refractivity contribution is 6.25. The van der Waals surface area contributed by atoms with E-state index in [0.29, 0.717) is 48.4 Å². The third-order valence-corrected chi connectivity index (χ3v) is 7.91. The first-order valence-corrected chi connectivity index (χ1v) is 12.9. The summed E-state index contributed by atoms with van der Waals surface area (Å²) in [6, 6.07) is 20.2. The highest BCUT2D eigenvalue weighted by Crippen LogP contribution is 2.45. The van der Waals surface area contributed by atoms with Crippen LogP contribution in [0.1, 0.15) is 39.9 Å². The van der Waals surface area contributed by atoms with E-state index in [4.69, 9.17) is 0 Å². The Kier molecular flexibility index (Phi) is 5.75. The summed E-state index contributed by atoms with van der Waals surface area (Å²) in [4.78, 5) is 53.9. The zero-order valence-corrected chi connectivity index (χ0v) is 21.0. The van der Waals surface area contributed by atoms with Crippen molar-refractivity contribution in [3.05, 3.63) is 89.0 Å². The molecule has 1 spiro atoms. The number of aryl methyl sites for hydroxylation is 1. The summed E-state index contributed by atoms with van der Waals surface area (Å²) in [5.74, 6) is -1.06. The van der Waals surface area contributed by atoms with Crippen molar-refractivity contribution in [2.45, 2.75) is 31.6 Å². The lowest BCUT2D eigenvalue weighted by molar-refractivity contribution is -0.131. The minimum atomic E-state index is -1.33. The molecule has 3 N–H and O–H groups in total. The molecule has 0 radical (unpaired) electrons. The van der Waals surface area contributed by atoms with Crippen LogP contribution in [0.4, 0.5) is 17.1 Å². The molecule has 6 rings (SSSR count). The number of nitrogens with one attached hydrogen (secondary N) is 3. The highest BCUT2D eigenvalue weighted by Gasteiger charge is 2.55. The summed E-state index contributed by atoms with van der Waals surface area (Å²) in [5, 5.41) is 8.70. The molecule has 3 aliphatic rings. The van der Waals surface area contributed by atoms with Crippen LogP contribution in [0.2, 0.25) is 0 Å². The Morgan fingerprint density at radius 3 is 2.39 bits per heavy atom. The highest BCUT2D eigenvalue weighted by atomic mass is 16.2. The zero-order valence-electron chi connectivity index (χ0n) is 21.0. The van der Waals surface area contributed by atoms with Crippen molar-refractivity contribution in [1.29, 1.82) is 0 Å². The van der Waals surface area contributed by atoms with Gasteiger partial charge in [0.15, 0.2) is 5.41 Å². The van der Waals surface area contributed by atoms with Gasteiger partial charge in [0.25, 0.3) is 5.91 Å². The van der Waals surface area contributed by atoms with Gasteiger partial charge < -0.3 is 20.9 Å². The van der Waals surface area contributed by atoms with Crippen LogP contribution in [0.25, 0.3) is 0 Å². The summed E-state index contributed by atoms with van der Waals surface area (Å²) in [5.41, 5.74) is 3.69. The smallest absolute Gasteiger partial charge is 0.253 e. The van der Waals surface area contributed by atoms with E-state index in [-0.39, 0.29) is 36.0 Å². The molecule has 38 heavy (non-hydrogen) atoms. The second-order valence-corrected chi connectivity index (χ2v) is 10.3. The van der Waals surface area contributed by atoms with Gasteiger partial charge in [0, 0.05) is 53.6 Å². The Balaban J connectivity index is 1.13. The average molecular weight is 509 g/mol. The van der Waals surface area contributed by atoms with E-state index in [0.717, 1.165) is 16.8 Å². The first-order valence-electron chi connectivity index (χ1n) is 12.9. The lowest BCUT2D eigenvalue weighted by Crippen LogP contribution is -2.50. The van der Waals surface area contributed by atoms with Crippen LogP contribution in [0, 0.1) is 12.8 Å². The lowest BCUT2D eigenvalue weighted by Gasteiger charge is -2.32. The quantitative estimate of drug-likeness (QED) is 0.467. The zero-order chi connectivity index (χ0) is 26.4. The Bertz CT molecular complexity index is 1490. The number of carbonyl (C=O) groups excluding carboxylic acids is 4. The minimum Gasteiger partial charge on any atom is -0.339 e. The van der Waals surface area contributed by atoms with Crippen molar-refractivity contribution in [2.24, 2.45) is 5.92 Å². The van der Waals surface area contributed by atoms with Gasteiger partial charge >= 0.3 is 0 Å². The number of hydrogen-bond donors (Lipinski definition) is 3. The Morgan fingerprint density at radius 2 is 1.63 bits per heavy atom. The monoisotopic (exact) mass is 508 g/mol. The molecule has 0 bridgehead atoms. The maximum absolute atomic E-state index is 13.1. The third kappa shape index (κ3) is 3.93. The number of anilines is 3. The van der Waals surface area contributed by atoms with Gasteiger partial charge in [-0.1, -0.05) is 42.0 Å². The number of carbonyl (C=O) groups is 4. The summed E-state index contributed by atoms with van der Waals surface area (Å²) in [7, 11) is 0. The van der Waals surface area contributed by atoms with Gasteiger partial charge in [0.05, 0.1) is 0 Å². The molecule has 0 aromatic heterocycles. The fourth-order valence-corrected chi connectivity index (χ4v) is 5.79. The summed E-state index contributed by atoms with van der Waals surface area (Å²) in [6.45, 7) is 2.99. The topological polar surface area (TPSA) is 108 Å². The molecule has 192 valence electrons. The van der Waals surface area contributed by atoms with Crippen LogP contribution in [-0.2, 0) is 26.2 Å². The molecule has 4 amide bonds. The van der Waals surface area contributed by atoms with Gasteiger partial charge in [-0.05, 0) is 55.7 Å². The molecule has 0 aliphatic carbocycles. The van der Waals surface area contributed by atoms with Crippen molar-refractivity contribution in [3.63, 3.8) is 0 Å². The summed E-state index contributed by atoms with van der Waals surface area (Å²) < 4.78 is 0. The molecule has 3 aromatic rings. The van der Waals surface area contributed by atoms with E-state index in [1.54, 1.807) is 23.1 Å². The predicted molar refractivity (Wildman–Crippen MR) is 144 cm³/mol. The van der Waals surface area contributed by atoms with Crippen molar-refractivity contribution in [3.8, 4) is 0 Å². The molecular weight excluding hydrogens is 480 g/mol. The standard InChI is InChI=1S/C30H28N4O4/c1-18-5-4-7-20(15-18)27(36)34-13-11-19(12-14-34)26(35)31-22-9-10-23-25(16-22)33-29(38)30(23)17-21-6-2-3-8-24(21)32-28(30)37/h2-10,15-16,19H,11-14,17H2,1H3,(H,31,35)(H,32,37)(H,33,38). The number of likely N-dealkylation sites (tertiary alicyclic amines) is 1. The molecule has 1 atom stereocenters. The van der Waals surface area contributed by atoms with E-state index >= 15 is 0 Å². The fraction of sp³-hybridized carbons (Fsp3) is 0.267. The van der Waals surface area contributed by atoms with Crippen LogP contribution in [-0.4, -0.2) is 41.6 Å². The molecule has 3 aliphatic heterocycles. The van der Waals surface area contributed by atoms with Crippen LogP contribution < -0.4 is 16.0 Å². The predicted octanol–water partition coefficient (Wildman–Crippen LogP) is 3.87. The number of fused-ring (bicyclic) bond motifs is 3. The van der Waals surface area contributed by atoms with Crippen LogP contribution in [0.15, 0.2) is 66.7 Å². The number of nitrogens with zero attached hydrogens (tertiary/aromatic N) is 1. The van der Waals surface area contributed by atoms with Crippen molar-refractivity contribution < 1.29 is 19.2 Å². The third-order valence-electron chi connectivity index (χ3n) is 7.91. The number of piperidine rings is 1. The van der Waals surface area contributed by atoms with Crippen LogP contribution in [0.5, 0.6) is 0 Å². The summed E-state index contributed by atoms with van der Waals surface area (Å²) >= 11 is 0. The average Bonchev–Trinajstić information content (AvgIpc) is 3.19. The second-order valence-electron chi connectivity index (χ2n) is 10.3. The largest absolute Gasteiger partial charge is 0.339 e. The van der Waals surface area contributed by atoms with Gasteiger partial charge in [0.1, 0.15) is 0 Å². The number of hydrogen-bond acceptors (Lipinski definition) is 4. The van der Waals surface area contributed by atoms with Gasteiger partial charge in [-0.15, -0.1) is 0 Å². The van der Waals surface area contributed by atoms with E-state index in [2.05, 4.69) is 16.0 Å². The fourth-order valence-electron chi connectivity index (χ4n) is 5.79. The van der Waals surface area contributed by atoms with E-state index in [1.165, 1.54) is 0 Å². The van der Waals surface area contributed by atoms with E-state index < -0.39 is 5.41 Å². The van der Waals surface area contributed by atoms with Gasteiger partial charge in [-0.3, -0.25) is 19.2 Å². The normalized spacial score (nSPS) is 20.4. The number of amides is 4. The van der Waals surface area contributed by atoms with Crippen LogP contribution in [0.3, 0.4) is 0 Å². The molecule has 1 unspecified atom stereocenters. The Labute approximate surface area is 220 Å². The van der Waals surface area contributed by atoms with Crippen molar-refractivity contribution >= 4 is 40.7 Å². The molecular formula is C30H28N4O4. The molecule has 8 nitrogen and oxygen atoms in total. The van der Waals surface area contributed by atoms with Gasteiger partial charge in [-0.2, -0.15) is 0 Å². The second kappa shape index (κ2) is 9.13. The molecule has 1 fully saturated rings. The molecule has 3 heterocycles. The Hall–Kier alpha value is -4.46. The van der Waals surface area contributed by atoms with Gasteiger partial charge in [-0.25, -0.2) is 0 Å². The minimum absolute atomic E-state index is 0.00905.